The topological polar surface area (TPSA) is 29.5 Å². The zero-order valence-electron chi connectivity index (χ0n) is 10.7. The summed E-state index contributed by atoms with van der Waals surface area (Å²) >= 11 is 5.91. The minimum absolute atomic E-state index is 0.0801. The summed E-state index contributed by atoms with van der Waals surface area (Å²) in [6.45, 7) is 4.24. The number of rotatable bonds is 3. The first-order valence-electron chi connectivity index (χ1n) is 6.51. The third-order valence-electron chi connectivity index (χ3n) is 4.37. The van der Waals surface area contributed by atoms with Crippen molar-refractivity contribution in [2.75, 3.05) is 26.8 Å². The van der Waals surface area contributed by atoms with Crippen LogP contribution >= 0.6 is 11.6 Å². The predicted molar refractivity (Wildman–Crippen MR) is 68.2 cm³/mol. The lowest BCUT2D eigenvalue weighted by Gasteiger charge is -2.37. The molecule has 0 radical (unpaired) electrons. The molecular weight excluding hydrogens is 238 g/mol. The molecule has 2 aliphatic rings. The Bertz CT molecular complexity index is 291. The number of hydrogen-bond acceptors (Lipinski definition) is 2. The summed E-state index contributed by atoms with van der Waals surface area (Å²) in [7, 11) is 1.76. The van der Waals surface area contributed by atoms with Crippen molar-refractivity contribution in [1.29, 1.82) is 0 Å². The van der Waals surface area contributed by atoms with Crippen molar-refractivity contribution in [1.82, 2.24) is 4.90 Å². The van der Waals surface area contributed by atoms with Gasteiger partial charge < -0.3 is 9.64 Å². The van der Waals surface area contributed by atoms with E-state index in [1.54, 1.807) is 14.0 Å². The Morgan fingerprint density at radius 3 is 3.00 bits per heavy atom. The van der Waals surface area contributed by atoms with E-state index in [0.29, 0.717) is 5.92 Å². The molecule has 2 rings (SSSR count). The van der Waals surface area contributed by atoms with E-state index in [2.05, 4.69) is 0 Å². The van der Waals surface area contributed by atoms with E-state index < -0.39 is 5.38 Å². The average Bonchev–Trinajstić information content (AvgIpc) is 2.67. The largest absolute Gasteiger partial charge is 0.384 e. The van der Waals surface area contributed by atoms with Crippen LogP contribution in [0.1, 0.15) is 32.6 Å². The summed E-state index contributed by atoms with van der Waals surface area (Å²) in [4.78, 5) is 13.9. The number of methoxy groups -OCH3 is 1. The third-order valence-corrected chi connectivity index (χ3v) is 4.56. The van der Waals surface area contributed by atoms with Crippen LogP contribution in [0.25, 0.3) is 0 Å². The lowest BCUT2D eigenvalue weighted by molar-refractivity contribution is -0.130. The van der Waals surface area contributed by atoms with E-state index >= 15 is 0 Å². The third kappa shape index (κ3) is 2.45. The smallest absolute Gasteiger partial charge is 0.240 e. The van der Waals surface area contributed by atoms with Gasteiger partial charge in [-0.05, 0) is 25.7 Å². The van der Waals surface area contributed by atoms with E-state index in [1.165, 1.54) is 25.7 Å². The van der Waals surface area contributed by atoms with Gasteiger partial charge in [-0.3, -0.25) is 4.79 Å². The Hall–Kier alpha value is -0.280. The number of ether oxygens (including phenoxy) is 1. The zero-order chi connectivity index (χ0) is 12.5. The number of likely N-dealkylation sites (tertiary alicyclic amines) is 1. The van der Waals surface area contributed by atoms with Gasteiger partial charge in [-0.25, -0.2) is 0 Å². The van der Waals surface area contributed by atoms with Gasteiger partial charge in [0.2, 0.25) is 5.91 Å². The lowest BCUT2D eigenvalue weighted by Crippen LogP contribution is -2.39. The second-order valence-electron chi connectivity index (χ2n) is 5.57. The molecule has 0 aromatic rings. The van der Waals surface area contributed by atoms with E-state index in [-0.39, 0.29) is 11.3 Å². The molecule has 0 aromatic carbocycles. The summed E-state index contributed by atoms with van der Waals surface area (Å²) in [5, 5.41) is -0.408. The fourth-order valence-corrected chi connectivity index (χ4v) is 3.66. The number of fused-ring (bicyclic) bond motifs is 1. The number of halogens is 1. The molecule has 17 heavy (non-hydrogen) atoms. The van der Waals surface area contributed by atoms with Gasteiger partial charge >= 0.3 is 0 Å². The Morgan fingerprint density at radius 1 is 1.59 bits per heavy atom. The van der Waals surface area contributed by atoms with Crippen LogP contribution in [0.3, 0.4) is 0 Å². The van der Waals surface area contributed by atoms with Crippen molar-refractivity contribution < 1.29 is 9.53 Å². The van der Waals surface area contributed by atoms with E-state index in [9.17, 15) is 4.79 Å². The van der Waals surface area contributed by atoms with E-state index in [1.807, 2.05) is 4.90 Å². The van der Waals surface area contributed by atoms with Crippen LogP contribution in [-0.4, -0.2) is 43.0 Å². The number of carbonyl (C=O) groups is 1. The number of hydrogen-bond donors (Lipinski definition) is 0. The van der Waals surface area contributed by atoms with Gasteiger partial charge in [-0.15, -0.1) is 11.6 Å². The first-order chi connectivity index (χ1) is 8.09. The van der Waals surface area contributed by atoms with Crippen LogP contribution in [0.4, 0.5) is 0 Å². The summed E-state index contributed by atoms with van der Waals surface area (Å²) < 4.78 is 5.40. The fourth-order valence-electron chi connectivity index (χ4n) is 3.52. The molecule has 0 aromatic heterocycles. The van der Waals surface area contributed by atoms with Crippen LogP contribution in [0, 0.1) is 11.3 Å². The van der Waals surface area contributed by atoms with E-state index in [0.717, 1.165) is 19.7 Å². The highest BCUT2D eigenvalue weighted by Crippen LogP contribution is 2.47. The van der Waals surface area contributed by atoms with Crippen LogP contribution in [0.2, 0.25) is 0 Å². The number of carbonyl (C=O) groups excluding carboxylic acids is 1. The summed E-state index contributed by atoms with van der Waals surface area (Å²) in [5.74, 6) is 0.687. The number of amides is 1. The summed E-state index contributed by atoms with van der Waals surface area (Å²) in [5.41, 5.74) is 0.203. The Morgan fingerprint density at radius 2 is 2.35 bits per heavy atom. The molecular formula is C13H22ClNO2. The molecule has 1 aliphatic heterocycles. The Kier molecular flexibility index (Phi) is 3.99. The molecule has 1 heterocycles. The lowest BCUT2D eigenvalue weighted by atomic mass is 9.69. The molecule has 98 valence electrons. The second kappa shape index (κ2) is 5.15. The molecule has 0 unspecified atom stereocenters. The van der Waals surface area contributed by atoms with Crippen LogP contribution in [-0.2, 0) is 9.53 Å². The van der Waals surface area contributed by atoms with Gasteiger partial charge in [0.1, 0.15) is 5.38 Å². The number of nitrogens with zero attached hydrogens (tertiary/aromatic N) is 1. The van der Waals surface area contributed by atoms with Crippen LogP contribution in [0.5, 0.6) is 0 Å². The van der Waals surface area contributed by atoms with Gasteiger partial charge in [0, 0.05) is 25.6 Å². The standard InChI is InChI=1S/C13H22ClNO2/c1-10(14)12(16)15-7-11-5-3-4-6-13(11,8-15)9-17-2/h10-11H,3-9H2,1-2H3/t10-,11-,13-/m1/s1. The molecule has 0 bridgehead atoms. The predicted octanol–water partition coefficient (Wildman–Crippen LogP) is 2.28. The zero-order valence-corrected chi connectivity index (χ0v) is 11.5. The molecule has 0 spiro atoms. The summed E-state index contributed by atoms with van der Waals surface area (Å²) in [6, 6.07) is 0. The van der Waals surface area contributed by atoms with Gasteiger partial charge in [-0.2, -0.15) is 0 Å². The molecule has 1 saturated carbocycles. The Labute approximate surface area is 108 Å². The monoisotopic (exact) mass is 259 g/mol. The maximum Gasteiger partial charge on any atom is 0.240 e. The quantitative estimate of drug-likeness (QED) is 0.728. The first kappa shape index (κ1) is 13.2. The van der Waals surface area contributed by atoms with Crippen molar-refractivity contribution in [2.45, 2.75) is 38.0 Å². The minimum atomic E-state index is -0.408. The van der Waals surface area contributed by atoms with Crippen LogP contribution in [0.15, 0.2) is 0 Å². The first-order valence-corrected chi connectivity index (χ1v) is 6.94. The van der Waals surface area contributed by atoms with Gasteiger partial charge in [0.25, 0.3) is 0 Å². The van der Waals surface area contributed by atoms with Crippen molar-refractivity contribution >= 4 is 17.5 Å². The molecule has 3 atom stereocenters. The molecule has 1 amide bonds. The normalized spacial score (nSPS) is 34.5. The maximum atomic E-state index is 12.0. The molecule has 2 fully saturated rings. The van der Waals surface area contributed by atoms with Gasteiger partial charge in [0.15, 0.2) is 0 Å². The molecule has 3 nitrogen and oxygen atoms in total. The van der Waals surface area contributed by atoms with Gasteiger partial charge in [0.05, 0.1) is 6.61 Å². The van der Waals surface area contributed by atoms with Crippen molar-refractivity contribution in [3.8, 4) is 0 Å². The summed E-state index contributed by atoms with van der Waals surface area (Å²) in [6.07, 6.45) is 4.96. The molecule has 4 heteroatoms. The number of alkyl halides is 1. The fraction of sp³-hybridized carbons (Fsp3) is 0.923. The van der Waals surface area contributed by atoms with Crippen molar-refractivity contribution in [2.24, 2.45) is 11.3 Å². The molecule has 0 N–H and O–H groups in total. The van der Waals surface area contributed by atoms with Crippen molar-refractivity contribution in [3.63, 3.8) is 0 Å². The second-order valence-corrected chi connectivity index (χ2v) is 6.23. The molecule has 1 saturated heterocycles. The van der Waals surface area contributed by atoms with E-state index in [4.69, 9.17) is 16.3 Å². The maximum absolute atomic E-state index is 12.0. The average molecular weight is 260 g/mol. The highest BCUT2D eigenvalue weighted by atomic mass is 35.5. The molecule has 1 aliphatic carbocycles. The highest BCUT2D eigenvalue weighted by Gasteiger charge is 2.49. The SMILES string of the molecule is COC[C@]12CCCC[C@@H]1CN(C(=O)[C@@H](C)Cl)C2. The Balaban J connectivity index is 2.10. The van der Waals surface area contributed by atoms with Crippen LogP contribution < -0.4 is 0 Å². The van der Waals surface area contributed by atoms with Crippen molar-refractivity contribution in [3.05, 3.63) is 0 Å². The minimum Gasteiger partial charge on any atom is -0.384 e. The van der Waals surface area contributed by atoms with Gasteiger partial charge in [-0.1, -0.05) is 12.8 Å². The highest BCUT2D eigenvalue weighted by molar-refractivity contribution is 6.30.